The number of carbonyl (C=O) groups excluding carboxylic acids is 2. The Morgan fingerprint density at radius 2 is 1.78 bits per heavy atom. The number of amides is 2. The molecule has 1 heterocycles. The molecule has 6 nitrogen and oxygen atoms in total. The van der Waals surface area contributed by atoms with E-state index in [1.54, 1.807) is 0 Å². The maximum Gasteiger partial charge on any atom is 0.323 e. The molecule has 1 atom stereocenters. The van der Waals surface area contributed by atoms with Gasteiger partial charge in [0.15, 0.2) is 0 Å². The van der Waals surface area contributed by atoms with Gasteiger partial charge in [-0.25, -0.2) is 0 Å². The van der Waals surface area contributed by atoms with Gasteiger partial charge in [0, 0.05) is 26.1 Å². The monoisotopic (exact) mass is 374 g/mol. The Bertz CT molecular complexity index is 697. The van der Waals surface area contributed by atoms with Gasteiger partial charge in [0.2, 0.25) is 11.8 Å². The molecule has 1 aromatic rings. The van der Waals surface area contributed by atoms with E-state index in [-0.39, 0.29) is 24.4 Å². The van der Waals surface area contributed by atoms with Gasteiger partial charge in [-0.3, -0.25) is 14.4 Å². The van der Waals surface area contributed by atoms with Gasteiger partial charge in [-0.05, 0) is 45.6 Å². The average molecular weight is 374 g/mol. The summed E-state index contributed by atoms with van der Waals surface area (Å²) in [5.74, 6) is -1.18. The van der Waals surface area contributed by atoms with Crippen molar-refractivity contribution < 1.29 is 19.5 Å². The highest BCUT2D eigenvalue weighted by Crippen LogP contribution is 2.28. The number of nitrogens with zero attached hydrogens (tertiary/aromatic N) is 2. The Morgan fingerprint density at radius 3 is 2.33 bits per heavy atom. The van der Waals surface area contributed by atoms with Gasteiger partial charge in [-0.1, -0.05) is 29.8 Å². The van der Waals surface area contributed by atoms with Crippen LogP contribution in [0.1, 0.15) is 51.2 Å². The number of carboxylic acids is 1. The van der Waals surface area contributed by atoms with E-state index >= 15 is 0 Å². The summed E-state index contributed by atoms with van der Waals surface area (Å²) in [5, 5.41) is 9.07. The van der Waals surface area contributed by atoms with Crippen molar-refractivity contribution in [2.75, 3.05) is 19.6 Å². The first kappa shape index (κ1) is 20.9. The Kier molecular flexibility index (Phi) is 6.63. The summed E-state index contributed by atoms with van der Waals surface area (Å²) in [6, 6.07) is 7.88. The van der Waals surface area contributed by atoms with Crippen LogP contribution in [0.25, 0.3) is 0 Å². The zero-order chi connectivity index (χ0) is 20.2. The molecule has 0 aromatic heterocycles. The fourth-order valence-electron chi connectivity index (χ4n) is 3.73. The topological polar surface area (TPSA) is 77.9 Å². The Hall–Kier alpha value is -2.37. The molecule has 1 aliphatic heterocycles. The van der Waals surface area contributed by atoms with E-state index in [1.807, 2.05) is 49.9 Å². The zero-order valence-electron chi connectivity index (χ0n) is 16.7. The average Bonchev–Trinajstić information content (AvgIpc) is 2.85. The first-order valence-electron chi connectivity index (χ1n) is 9.48. The lowest BCUT2D eigenvalue weighted by Crippen LogP contribution is -2.45. The number of rotatable bonds is 5. The summed E-state index contributed by atoms with van der Waals surface area (Å²) in [5.41, 5.74) is 1.51. The van der Waals surface area contributed by atoms with E-state index in [2.05, 4.69) is 0 Å². The highest BCUT2D eigenvalue weighted by atomic mass is 16.4. The van der Waals surface area contributed by atoms with E-state index in [0.717, 1.165) is 17.5 Å². The van der Waals surface area contributed by atoms with Crippen LogP contribution in [0.4, 0.5) is 0 Å². The number of carbonyl (C=O) groups is 3. The quantitative estimate of drug-likeness (QED) is 0.859. The van der Waals surface area contributed by atoms with Crippen molar-refractivity contribution in [1.29, 1.82) is 0 Å². The van der Waals surface area contributed by atoms with Crippen LogP contribution >= 0.6 is 0 Å². The standard InChI is InChI=1S/C21H30N2O4/c1-15-7-9-17(10-8-15)21(3,4)20(27)22-12-5-6-18(11-13-22)23(16(2)24)14-19(25)26/h7-10,18H,5-6,11-14H2,1-4H3,(H,25,26). The van der Waals surface area contributed by atoms with Crippen LogP contribution in [0.15, 0.2) is 24.3 Å². The normalized spacial score (nSPS) is 17.9. The number of hydrogen-bond donors (Lipinski definition) is 1. The molecule has 0 spiro atoms. The van der Waals surface area contributed by atoms with Gasteiger partial charge in [0.1, 0.15) is 6.54 Å². The molecule has 2 amide bonds. The summed E-state index contributed by atoms with van der Waals surface area (Å²) in [6.07, 6.45) is 2.06. The van der Waals surface area contributed by atoms with Crippen molar-refractivity contribution in [2.45, 2.75) is 58.4 Å². The van der Waals surface area contributed by atoms with Gasteiger partial charge in [-0.15, -0.1) is 0 Å². The molecular weight excluding hydrogens is 344 g/mol. The van der Waals surface area contributed by atoms with Crippen LogP contribution in [-0.4, -0.2) is 58.4 Å². The minimum atomic E-state index is -1.01. The van der Waals surface area contributed by atoms with Gasteiger partial charge >= 0.3 is 5.97 Å². The second-order valence-corrected chi connectivity index (χ2v) is 7.91. The Balaban J connectivity index is 2.10. The Labute approximate surface area is 161 Å². The van der Waals surface area contributed by atoms with Crippen molar-refractivity contribution >= 4 is 17.8 Å². The minimum Gasteiger partial charge on any atom is -0.480 e. The van der Waals surface area contributed by atoms with E-state index in [9.17, 15) is 14.4 Å². The number of likely N-dealkylation sites (tertiary alicyclic amines) is 1. The maximum absolute atomic E-state index is 13.2. The summed E-state index contributed by atoms with van der Waals surface area (Å²) in [4.78, 5) is 39.4. The summed E-state index contributed by atoms with van der Waals surface area (Å²) < 4.78 is 0. The summed E-state index contributed by atoms with van der Waals surface area (Å²) >= 11 is 0. The molecule has 148 valence electrons. The zero-order valence-corrected chi connectivity index (χ0v) is 16.7. The van der Waals surface area contributed by atoms with Crippen LogP contribution in [0.2, 0.25) is 0 Å². The van der Waals surface area contributed by atoms with Crippen LogP contribution in [0, 0.1) is 6.92 Å². The lowest BCUT2D eigenvalue weighted by atomic mass is 9.82. The molecule has 0 aliphatic carbocycles. The van der Waals surface area contributed by atoms with Crippen LogP contribution in [0.3, 0.4) is 0 Å². The minimum absolute atomic E-state index is 0.0691. The molecule has 1 unspecified atom stereocenters. The number of aryl methyl sites for hydroxylation is 1. The second-order valence-electron chi connectivity index (χ2n) is 7.91. The smallest absolute Gasteiger partial charge is 0.323 e. The molecule has 2 rings (SSSR count). The van der Waals surface area contributed by atoms with Gasteiger partial charge in [-0.2, -0.15) is 0 Å². The van der Waals surface area contributed by atoms with Crippen molar-refractivity contribution in [1.82, 2.24) is 9.80 Å². The van der Waals surface area contributed by atoms with E-state index in [0.29, 0.717) is 25.9 Å². The van der Waals surface area contributed by atoms with Crippen molar-refractivity contribution in [3.63, 3.8) is 0 Å². The number of benzene rings is 1. The molecule has 0 radical (unpaired) electrons. The van der Waals surface area contributed by atoms with E-state index in [4.69, 9.17) is 5.11 Å². The first-order chi connectivity index (χ1) is 12.6. The molecule has 1 saturated heterocycles. The molecule has 1 fully saturated rings. The highest BCUT2D eigenvalue weighted by molar-refractivity contribution is 5.87. The van der Waals surface area contributed by atoms with Crippen molar-refractivity contribution in [3.8, 4) is 0 Å². The molecule has 1 aliphatic rings. The van der Waals surface area contributed by atoms with Crippen LogP contribution < -0.4 is 0 Å². The third-order valence-electron chi connectivity index (χ3n) is 5.44. The molecule has 6 heteroatoms. The fourth-order valence-corrected chi connectivity index (χ4v) is 3.73. The molecule has 1 aromatic carbocycles. The van der Waals surface area contributed by atoms with Gasteiger partial charge in [0.25, 0.3) is 0 Å². The van der Waals surface area contributed by atoms with Gasteiger partial charge in [0.05, 0.1) is 5.41 Å². The largest absolute Gasteiger partial charge is 0.480 e. The number of aliphatic carboxylic acids is 1. The second kappa shape index (κ2) is 8.55. The fraction of sp³-hybridized carbons (Fsp3) is 0.571. The van der Waals surface area contributed by atoms with Gasteiger partial charge < -0.3 is 14.9 Å². The predicted octanol–water partition coefficient (Wildman–Crippen LogP) is 2.59. The molecular formula is C21H30N2O4. The van der Waals surface area contributed by atoms with E-state index < -0.39 is 11.4 Å². The predicted molar refractivity (Wildman–Crippen MR) is 103 cm³/mol. The number of carboxylic acid groups (broad SMARTS) is 1. The third kappa shape index (κ3) is 5.08. The molecule has 27 heavy (non-hydrogen) atoms. The lowest BCUT2D eigenvalue weighted by molar-refractivity contribution is -0.145. The first-order valence-corrected chi connectivity index (χ1v) is 9.48. The Morgan fingerprint density at radius 1 is 1.15 bits per heavy atom. The van der Waals surface area contributed by atoms with Crippen molar-refractivity contribution in [2.24, 2.45) is 0 Å². The molecule has 1 N–H and O–H groups in total. The third-order valence-corrected chi connectivity index (χ3v) is 5.44. The van der Waals surface area contributed by atoms with Crippen molar-refractivity contribution in [3.05, 3.63) is 35.4 Å². The van der Waals surface area contributed by atoms with Crippen LogP contribution in [0.5, 0.6) is 0 Å². The van der Waals surface area contributed by atoms with Crippen LogP contribution in [-0.2, 0) is 19.8 Å². The number of hydrogen-bond acceptors (Lipinski definition) is 3. The molecule has 0 saturated carbocycles. The maximum atomic E-state index is 13.2. The summed E-state index contributed by atoms with van der Waals surface area (Å²) in [6.45, 7) is 8.17. The lowest BCUT2D eigenvalue weighted by Gasteiger charge is -2.32. The SMILES string of the molecule is CC(=O)N(CC(=O)O)C1CCCN(C(=O)C(C)(C)c2ccc(C)cc2)CC1. The van der Waals surface area contributed by atoms with E-state index in [1.165, 1.54) is 11.8 Å². The summed E-state index contributed by atoms with van der Waals surface area (Å²) in [7, 11) is 0. The highest BCUT2D eigenvalue weighted by Gasteiger charge is 2.35. The molecule has 0 bridgehead atoms.